The van der Waals surface area contributed by atoms with E-state index in [0.717, 1.165) is 133 Å². The average molecular weight is 1690 g/mol. The van der Waals surface area contributed by atoms with E-state index in [1.165, 1.54) is 0 Å². The van der Waals surface area contributed by atoms with Crippen molar-refractivity contribution < 1.29 is 95.5 Å². The van der Waals surface area contributed by atoms with Gasteiger partial charge in [0.1, 0.15) is 25.5 Å². The number of nitrogens with two attached hydrogens (primary N) is 2. The second kappa shape index (κ2) is 28.7. The summed E-state index contributed by atoms with van der Waals surface area (Å²) in [7, 11) is 7.31. The molecule has 4 fully saturated rings. The smallest absolute Gasteiger partial charge is 0.333 e. The largest absolute Gasteiger partial charge is 0.504 e. The molecule has 0 amide bonds. The normalized spacial score (nSPS) is 29.8. The van der Waals surface area contributed by atoms with Crippen molar-refractivity contribution in [1.29, 1.82) is 5.26 Å². The first-order valence-electron chi connectivity index (χ1n) is 38.5. The number of hydrogen-bond donors (Lipinski definition) is 10. The van der Waals surface area contributed by atoms with Crippen LogP contribution in [0.3, 0.4) is 0 Å². The minimum Gasteiger partial charge on any atom is -0.504 e. The van der Waals surface area contributed by atoms with Crippen LogP contribution in [0.2, 0.25) is 0 Å². The molecule has 28 nitrogen and oxygen atoms in total. The molecule has 6 aromatic carbocycles. The molecule has 12 N–H and O–H groups in total. The zero-order valence-corrected chi connectivity index (χ0v) is 68.4. The van der Waals surface area contributed by atoms with E-state index in [-0.39, 0.29) is 131 Å². The van der Waals surface area contributed by atoms with Gasteiger partial charge in [0.05, 0.1) is 61.9 Å². The molecule has 0 aliphatic carbocycles. The number of phenolic OH excluding ortho intramolecular Hbond substituents is 2. The van der Waals surface area contributed by atoms with Crippen LogP contribution in [0.5, 0.6) is 46.0 Å². The van der Waals surface area contributed by atoms with Gasteiger partial charge in [0.2, 0.25) is 13.6 Å². The van der Waals surface area contributed by atoms with Gasteiger partial charge in [-0.15, -0.1) is 33.6 Å². The Kier molecular flexibility index (Phi) is 19.7. The summed E-state index contributed by atoms with van der Waals surface area (Å²) < 4.78 is 49.6. The van der Waals surface area contributed by atoms with Crippen LogP contribution in [-0.2, 0) is 78.2 Å². The summed E-state index contributed by atoms with van der Waals surface area (Å²) in [6.07, 6.45) is 1.54. The fourth-order valence-electron chi connectivity index (χ4n) is 21.8. The van der Waals surface area contributed by atoms with Crippen LogP contribution in [0.25, 0.3) is 21.8 Å². The van der Waals surface area contributed by atoms with Gasteiger partial charge in [-0.05, 0) is 186 Å². The van der Waals surface area contributed by atoms with Gasteiger partial charge in [-0.25, -0.2) is 9.59 Å². The Balaban J connectivity index is 0.000000156. The van der Waals surface area contributed by atoms with Crippen molar-refractivity contribution in [2.45, 2.75) is 175 Å². The van der Waals surface area contributed by atoms with E-state index in [1.807, 2.05) is 13.8 Å². The topological polar surface area (TPSA) is 376 Å². The number of aromatic hydroxyl groups is 2. The maximum Gasteiger partial charge on any atom is 0.333 e. The van der Waals surface area contributed by atoms with Crippen molar-refractivity contribution in [3.8, 4) is 52.1 Å². The zero-order chi connectivity index (χ0) is 79.3. The number of hydrogen-bond acceptors (Lipinski definition) is 26. The monoisotopic (exact) mass is 1690 g/mol. The number of carbonyl (C=O) groups is 2. The fourth-order valence-corrected chi connectivity index (χ4v) is 25.3. The minimum atomic E-state index is -1.50. The molecule has 605 valence electrons. The van der Waals surface area contributed by atoms with Gasteiger partial charge in [-0.2, -0.15) is 5.26 Å². The van der Waals surface area contributed by atoms with Crippen molar-refractivity contribution in [3.05, 3.63) is 170 Å². The summed E-state index contributed by atoms with van der Waals surface area (Å²) in [6.45, 7) is 17.3. The van der Waals surface area contributed by atoms with Crippen LogP contribution >= 0.6 is 23.5 Å². The van der Waals surface area contributed by atoms with E-state index in [4.69, 9.17) is 64.7 Å². The molecular weight excluding hydrogens is 1590 g/mol. The number of aliphatic hydroxyl groups excluding tert-OH is 1. The van der Waals surface area contributed by atoms with Crippen molar-refractivity contribution >= 4 is 57.3 Å². The fraction of sp³-hybridized carbons (Fsp3) is 0.482. The number of methoxy groups -OCH3 is 2. The molecule has 8 aromatic rings. The van der Waals surface area contributed by atoms with Gasteiger partial charge in [0, 0.05) is 132 Å². The number of piperazine rings is 2. The summed E-state index contributed by atoms with van der Waals surface area (Å²) in [5, 5.41) is 70.6. The Morgan fingerprint density at radius 2 is 1.02 bits per heavy atom. The van der Waals surface area contributed by atoms with Gasteiger partial charge >= 0.3 is 11.9 Å². The van der Waals surface area contributed by atoms with E-state index in [9.17, 15) is 25.4 Å². The third kappa shape index (κ3) is 11.2. The number of thioether (sulfide) groups is 2. The van der Waals surface area contributed by atoms with Crippen molar-refractivity contribution in [1.82, 2.24) is 40.2 Å². The number of carbonyl (C=O) groups excluding carboxylic acids is 2. The molecule has 14 aliphatic heterocycles. The van der Waals surface area contributed by atoms with Gasteiger partial charge in [0.25, 0.3) is 5.09 Å². The van der Waals surface area contributed by atoms with Crippen molar-refractivity contribution in [2.24, 2.45) is 11.5 Å². The first kappa shape index (κ1) is 78.1. The number of aryl methyl sites for hydroxylation is 4. The molecule has 114 heavy (non-hydrogen) atoms. The number of rotatable bonds is 4. The average Bonchev–Trinajstić information content (AvgIpc) is 0.811. The van der Waals surface area contributed by atoms with Crippen LogP contribution in [0.4, 0.5) is 0 Å². The molecule has 0 saturated carbocycles. The van der Waals surface area contributed by atoms with E-state index in [0.29, 0.717) is 84.8 Å². The summed E-state index contributed by atoms with van der Waals surface area (Å²) >= 11 is 3.38. The molecule has 1 radical (unpaired) electrons. The number of nitrogens with zero attached hydrogens (tertiary/aromatic N) is 6. The molecule has 16 heterocycles. The predicted octanol–water partition coefficient (Wildman–Crippen LogP) is 8.62. The van der Waals surface area contributed by atoms with Gasteiger partial charge < -0.3 is 79.9 Å². The Bertz CT molecular complexity index is 5420. The second-order valence-electron chi connectivity index (χ2n) is 32.6. The van der Waals surface area contributed by atoms with Crippen LogP contribution in [0.1, 0.15) is 146 Å². The molecule has 4 saturated heterocycles. The number of nitriles is 1. The van der Waals surface area contributed by atoms with E-state index >= 15 is 4.79 Å². The summed E-state index contributed by atoms with van der Waals surface area (Å²) in [5.74, 6) is 3.78. The number of aliphatic hydroxyl groups is 1. The van der Waals surface area contributed by atoms with Gasteiger partial charge in [-0.1, -0.05) is 35.4 Å². The first-order valence-corrected chi connectivity index (χ1v) is 40.6. The molecule has 2 spiro atoms. The van der Waals surface area contributed by atoms with Crippen LogP contribution in [0, 0.1) is 76.8 Å². The van der Waals surface area contributed by atoms with E-state index in [2.05, 4.69) is 150 Å². The van der Waals surface area contributed by atoms with Crippen LogP contribution < -0.4 is 50.5 Å². The van der Waals surface area contributed by atoms with Gasteiger partial charge in [0.15, 0.2) is 57.1 Å². The SMILES string of the molecule is COc1c(C)cc2c(c1O)[C@@H]1[C@@H]3[C@@H]4SC[C@]5(N[C@@H](CN)Cc6c5[nH]c5ccc(C)cc65)C(=O)OC[C@@H](c5c6c(c(C)c(C)c54)OCO6)N3[C@@H](C#N)[C@H](C2)N1C.COc1c(C)cc2c(c1O)[C@@H]1[C@@H]3[C@@H]4SC[C@]5(N[C@@H](CN)Cc6c5[nH]c5ccc(C)cc65)C(=O)OC[C@@H](c5c6c(c(C)c(C)c54)OCO6)N3[C@@H](O)[C@H](C2)N1C.O=[N+]([O-])O.[Ag]. The molecule has 22 rings (SSSR count). The number of likely N-dealkylation sites (N-methyl/N-ethyl adjacent to an activating group) is 2. The Hall–Kier alpha value is -8.49. The zero-order valence-electron chi connectivity index (χ0n) is 65.3. The van der Waals surface area contributed by atoms with E-state index in [1.54, 1.807) is 37.7 Å². The third-order valence-electron chi connectivity index (χ3n) is 26.9. The number of benzene rings is 6. The number of esters is 2. The molecule has 31 heteroatoms. The number of aromatic amines is 2. The number of phenols is 2. The van der Waals surface area contributed by atoms with Crippen molar-refractivity contribution in [3.63, 3.8) is 0 Å². The van der Waals surface area contributed by atoms with Crippen LogP contribution in [0.15, 0.2) is 48.5 Å². The molecule has 14 aliphatic rings. The Labute approximate surface area is 682 Å². The second-order valence-corrected chi connectivity index (χ2v) is 34.8. The van der Waals surface area contributed by atoms with Crippen LogP contribution in [-0.4, -0.2) is 195 Å². The molecule has 8 bridgehead atoms. The van der Waals surface area contributed by atoms with Gasteiger partial charge in [-0.3, -0.25) is 30.2 Å². The first-order chi connectivity index (χ1) is 54.2. The van der Waals surface area contributed by atoms with E-state index < -0.39 is 40.5 Å². The predicted molar refractivity (Wildman–Crippen MR) is 421 cm³/mol. The maximum absolute atomic E-state index is 15.0. The molecule has 0 unspecified atom stereocenters. The summed E-state index contributed by atoms with van der Waals surface area (Å²) in [5.41, 5.74) is 32.0. The standard InChI is InChI=1S/C42H46N6O6S.C41H47N5O7S.Ag.HNO3/c1-18-7-8-26-24(9-18)25-12-23(13-43)46-42(40(25)45-26)16-55-39-30-20(3)21(4)37-38(54-17-53-37)32(30)29(15-52-41(42)50)48-28(14-44)27-11-22-10-19(2)36(51-6)35(49)31(22)33(34(39)48)47(27)5;1-17-7-8-25-23(9-17)24-12-22(13-42)44-41(38(24)43-25)15-54-37-28-19(3)20(4)35-36(53-16-52-35)30(28)27(14-51-40(41)49)46-32(37)31-29-21(11-26(39(46)48)45(31)5)10-18(2)34(50-6)33(29)47;;2-1(3)4/h7-10,23,27-29,33-34,39,45-46,49H,11-13,15-17,43H2,1-6H3;7-10,22,26-27,31-32,37,39,43-44,47-48H,11-16,42H2,1-6H3;;(H,2,3,4)/t23-,27+,28+,29+,33-,34-,39-,42-;22-,26+,27+,31-,32-,37-,39+,41-;;/m11../s1. The number of H-pyrrole nitrogens is 2. The number of ether oxygens (including phenoxy) is 8. The molecule has 2 aromatic heterocycles. The quantitative estimate of drug-likeness (QED) is 0.0341. The minimum absolute atomic E-state index is 0. The Morgan fingerprint density at radius 3 is 1.45 bits per heavy atom. The molecule has 16 atom stereocenters. The van der Waals surface area contributed by atoms with Crippen molar-refractivity contribution in [2.75, 3.05) is 79.7 Å². The number of fused-ring (bicyclic) bond motifs is 22. The third-order valence-corrected chi connectivity index (χ3v) is 29.9. The Morgan fingerprint density at radius 1 is 0.605 bits per heavy atom. The number of aromatic nitrogens is 2. The summed E-state index contributed by atoms with van der Waals surface area (Å²) in [4.78, 5) is 54.7. The maximum atomic E-state index is 15.0. The summed E-state index contributed by atoms with van der Waals surface area (Å²) in [6, 6.07) is 15.8. The number of nitrogens with one attached hydrogen (secondary N) is 4. The molecular formula is C83H94AgN12O16S2.